The first-order chi connectivity index (χ1) is 7.95. The van der Waals surface area contributed by atoms with Gasteiger partial charge in [-0.05, 0) is 18.2 Å². The fourth-order valence-corrected chi connectivity index (χ4v) is 1.42. The van der Waals surface area contributed by atoms with E-state index < -0.39 is 0 Å². The van der Waals surface area contributed by atoms with E-state index in [4.69, 9.17) is 11.6 Å². The Morgan fingerprint density at radius 1 is 1.35 bits per heavy atom. The SMILES string of the molecule is CCC(=O)Nc1cc(C(=O)N(C)C)ccc1Cl. The molecular formula is C12H15ClN2O2. The molecule has 0 saturated heterocycles. The van der Waals surface area contributed by atoms with E-state index in [-0.39, 0.29) is 11.8 Å². The molecule has 0 aliphatic rings. The van der Waals surface area contributed by atoms with Gasteiger partial charge in [-0.2, -0.15) is 0 Å². The highest BCUT2D eigenvalue weighted by atomic mass is 35.5. The van der Waals surface area contributed by atoms with Crippen LogP contribution in [0, 0.1) is 0 Å². The molecule has 4 nitrogen and oxygen atoms in total. The van der Waals surface area contributed by atoms with Crippen LogP contribution < -0.4 is 5.32 Å². The molecule has 0 bridgehead atoms. The summed E-state index contributed by atoms with van der Waals surface area (Å²) in [4.78, 5) is 24.5. The van der Waals surface area contributed by atoms with Gasteiger partial charge in [-0.1, -0.05) is 18.5 Å². The largest absolute Gasteiger partial charge is 0.345 e. The lowest BCUT2D eigenvalue weighted by Gasteiger charge is -2.12. The van der Waals surface area contributed by atoms with Gasteiger partial charge >= 0.3 is 0 Å². The Labute approximate surface area is 106 Å². The third-order valence-corrected chi connectivity index (χ3v) is 2.54. The highest BCUT2D eigenvalue weighted by Gasteiger charge is 2.11. The minimum Gasteiger partial charge on any atom is -0.345 e. The van der Waals surface area contributed by atoms with Gasteiger partial charge in [-0.15, -0.1) is 0 Å². The molecule has 1 aromatic carbocycles. The summed E-state index contributed by atoms with van der Waals surface area (Å²) < 4.78 is 0. The van der Waals surface area contributed by atoms with Crippen molar-refractivity contribution < 1.29 is 9.59 Å². The molecule has 2 amide bonds. The molecule has 92 valence electrons. The van der Waals surface area contributed by atoms with Crippen LogP contribution in [0.25, 0.3) is 0 Å². The van der Waals surface area contributed by atoms with Gasteiger partial charge in [0.1, 0.15) is 0 Å². The maximum atomic E-state index is 11.7. The van der Waals surface area contributed by atoms with Gasteiger partial charge < -0.3 is 10.2 Å². The Morgan fingerprint density at radius 3 is 2.53 bits per heavy atom. The zero-order chi connectivity index (χ0) is 13.0. The molecule has 0 heterocycles. The van der Waals surface area contributed by atoms with Crippen molar-refractivity contribution >= 4 is 29.1 Å². The number of carbonyl (C=O) groups excluding carboxylic acids is 2. The van der Waals surface area contributed by atoms with Crippen molar-refractivity contribution in [2.75, 3.05) is 19.4 Å². The molecule has 0 aromatic heterocycles. The third-order valence-electron chi connectivity index (χ3n) is 2.21. The normalized spacial score (nSPS) is 9.88. The van der Waals surface area contributed by atoms with E-state index in [0.29, 0.717) is 22.7 Å². The number of carbonyl (C=O) groups is 2. The first kappa shape index (κ1) is 13.5. The Morgan fingerprint density at radius 2 is 2.00 bits per heavy atom. The van der Waals surface area contributed by atoms with Crippen molar-refractivity contribution in [1.29, 1.82) is 0 Å². The molecule has 1 rings (SSSR count). The van der Waals surface area contributed by atoms with Crippen LogP contribution in [0.4, 0.5) is 5.69 Å². The summed E-state index contributed by atoms with van der Waals surface area (Å²) in [5.41, 5.74) is 0.956. The summed E-state index contributed by atoms with van der Waals surface area (Å²) in [5.74, 6) is -0.269. The number of rotatable bonds is 3. The summed E-state index contributed by atoms with van der Waals surface area (Å²) in [5, 5.41) is 3.07. The van der Waals surface area contributed by atoms with Crippen LogP contribution in [0.5, 0.6) is 0 Å². The van der Waals surface area contributed by atoms with Gasteiger partial charge in [0.25, 0.3) is 5.91 Å². The molecule has 0 aliphatic heterocycles. The average molecular weight is 255 g/mol. The molecule has 5 heteroatoms. The molecule has 0 aliphatic carbocycles. The number of halogens is 1. The zero-order valence-electron chi connectivity index (χ0n) is 10.1. The minimum atomic E-state index is -0.138. The molecule has 17 heavy (non-hydrogen) atoms. The van der Waals surface area contributed by atoms with E-state index in [1.807, 2.05) is 0 Å². The molecule has 0 unspecified atom stereocenters. The summed E-state index contributed by atoms with van der Waals surface area (Å²) in [6.07, 6.45) is 0.363. The molecule has 0 saturated carbocycles. The fraction of sp³-hybridized carbons (Fsp3) is 0.333. The van der Waals surface area contributed by atoms with Crippen LogP contribution in [-0.2, 0) is 4.79 Å². The Hall–Kier alpha value is -1.55. The molecule has 0 radical (unpaired) electrons. The van der Waals surface area contributed by atoms with Crippen LogP contribution >= 0.6 is 11.6 Å². The number of amides is 2. The number of hydrogen-bond acceptors (Lipinski definition) is 2. The van der Waals surface area contributed by atoms with E-state index in [2.05, 4.69) is 5.32 Å². The van der Waals surface area contributed by atoms with Crippen LogP contribution in [-0.4, -0.2) is 30.8 Å². The number of benzene rings is 1. The summed E-state index contributed by atoms with van der Waals surface area (Å²) in [7, 11) is 3.34. The second-order valence-electron chi connectivity index (χ2n) is 3.80. The zero-order valence-corrected chi connectivity index (χ0v) is 10.8. The van der Waals surface area contributed by atoms with Gasteiger partial charge in [0, 0.05) is 26.1 Å². The van der Waals surface area contributed by atoms with Gasteiger partial charge in [0.15, 0.2) is 0 Å². The number of hydrogen-bond donors (Lipinski definition) is 1. The van der Waals surface area contributed by atoms with E-state index in [0.717, 1.165) is 0 Å². The molecule has 0 atom stereocenters. The van der Waals surface area contributed by atoms with E-state index in [1.54, 1.807) is 39.2 Å². The summed E-state index contributed by atoms with van der Waals surface area (Å²) in [6, 6.07) is 4.81. The smallest absolute Gasteiger partial charge is 0.253 e. The maximum Gasteiger partial charge on any atom is 0.253 e. The highest BCUT2D eigenvalue weighted by Crippen LogP contribution is 2.23. The van der Waals surface area contributed by atoms with Crippen LogP contribution in [0.15, 0.2) is 18.2 Å². The lowest BCUT2D eigenvalue weighted by molar-refractivity contribution is -0.115. The predicted octanol–water partition coefficient (Wildman–Crippen LogP) is 2.39. The highest BCUT2D eigenvalue weighted by molar-refractivity contribution is 6.33. The quantitative estimate of drug-likeness (QED) is 0.900. The number of nitrogens with one attached hydrogen (secondary N) is 1. The Balaban J connectivity index is 3.02. The lowest BCUT2D eigenvalue weighted by atomic mass is 10.1. The second-order valence-corrected chi connectivity index (χ2v) is 4.20. The van der Waals surface area contributed by atoms with Crippen molar-refractivity contribution in [2.24, 2.45) is 0 Å². The van der Waals surface area contributed by atoms with Crippen LogP contribution in [0.1, 0.15) is 23.7 Å². The van der Waals surface area contributed by atoms with Crippen molar-refractivity contribution in [1.82, 2.24) is 4.90 Å². The lowest BCUT2D eigenvalue weighted by Crippen LogP contribution is -2.22. The average Bonchev–Trinajstić information content (AvgIpc) is 2.30. The molecule has 1 N–H and O–H groups in total. The summed E-state index contributed by atoms with van der Waals surface area (Å²) in [6.45, 7) is 1.75. The van der Waals surface area contributed by atoms with Crippen molar-refractivity contribution in [3.8, 4) is 0 Å². The maximum absolute atomic E-state index is 11.7. The van der Waals surface area contributed by atoms with E-state index >= 15 is 0 Å². The molecule has 1 aromatic rings. The summed E-state index contributed by atoms with van der Waals surface area (Å²) >= 11 is 5.94. The molecular weight excluding hydrogens is 240 g/mol. The molecule has 0 spiro atoms. The van der Waals surface area contributed by atoms with Gasteiger partial charge in [-0.25, -0.2) is 0 Å². The molecule has 0 fully saturated rings. The minimum absolute atomic E-state index is 0.131. The van der Waals surface area contributed by atoms with Crippen LogP contribution in [0.3, 0.4) is 0 Å². The van der Waals surface area contributed by atoms with Crippen molar-refractivity contribution in [3.05, 3.63) is 28.8 Å². The van der Waals surface area contributed by atoms with Crippen molar-refractivity contribution in [3.63, 3.8) is 0 Å². The monoisotopic (exact) mass is 254 g/mol. The second kappa shape index (κ2) is 5.68. The predicted molar refractivity (Wildman–Crippen MR) is 68.4 cm³/mol. The number of nitrogens with zero attached hydrogens (tertiary/aromatic N) is 1. The number of anilines is 1. The Bertz CT molecular complexity index is 444. The first-order valence-electron chi connectivity index (χ1n) is 5.26. The standard InChI is InChI=1S/C12H15ClN2O2/c1-4-11(16)14-10-7-8(5-6-9(10)13)12(17)15(2)3/h5-7H,4H2,1-3H3,(H,14,16). The Kier molecular flexibility index (Phi) is 4.52. The van der Waals surface area contributed by atoms with E-state index in [1.165, 1.54) is 4.90 Å². The van der Waals surface area contributed by atoms with Gasteiger partial charge in [0.05, 0.1) is 10.7 Å². The fourth-order valence-electron chi connectivity index (χ4n) is 1.25. The van der Waals surface area contributed by atoms with E-state index in [9.17, 15) is 9.59 Å². The first-order valence-corrected chi connectivity index (χ1v) is 5.64. The van der Waals surface area contributed by atoms with Gasteiger partial charge in [-0.3, -0.25) is 9.59 Å². The van der Waals surface area contributed by atoms with Crippen LogP contribution in [0.2, 0.25) is 5.02 Å². The topological polar surface area (TPSA) is 49.4 Å². The van der Waals surface area contributed by atoms with Crippen molar-refractivity contribution in [2.45, 2.75) is 13.3 Å². The third kappa shape index (κ3) is 3.46. The van der Waals surface area contributed by atoms with Gasteiger partial charge in [0.2, 0.25) is 5.91 Å².